The lowest BCUT2D eigenvalue weighted by Gasteiger charge is -2.39. The Morgan fingerprint density at radius 3 is 2.53 bits per heavy atom. The molecule has 184 valence electrons. The van der Waals surface area contributed by atoms with E-state index in [2.05, 4.69) is 5.32 Å². The zero-order valence-electron chi connectivity index (χ0n) is 20.3. The van der Waals surface area contributed by atoms with Crippen LogP contribution in [0.3, 0.4) is 0 Å². The minimum absolute atomic E-state index is 0.137. The quantitative estimate of drug-likeness (QED) is 0.674. The molecule has 0 radical (unpaired) electrons. The van der Waals surface area contributed by atoms with Crippen molar-refractivity contribution in [2.45, 2.75) is 26.0 Å². The van der Waals surface area contributed by atoms with Crippen molar-refractivity contribution in [2.75, 3.05) is 51.1 Å². The molecule has 1 aliphatic heterocycles. The van der Waals surface area contributed by atoms with Gasteiger partial charge in [-0.3, -0.25) is 4.79 Å². The molecule has 0 fully saturated rings. The smallest absolute Gasteiger partial charge is 0.321 e. The van der Waals surface area contributed by atoms with E-state index in [1.54, 1.807) is 31.0 Å². The maximum atomic E-state index is 13.4. The van der Waals surface area contributed by atoms with E-state index in [1.807, 2.05) is 32.0 Å². The van der Waals surface area contributed by atoms with Crippen molar-refractivity contribution in [3.8, 4) is 5.75 Å². The van der Waals surface area contributed by atoms with E-state index in [4.69, 9.17) is 4.74 Å². The molecule has 0 bridgehead atoms. The molecule has 2 N–H and O–H groups in total. The molecule has 0 spiro atoms. The van der Waals surface area contributed by atoms with Crippen molar-refractivity contribution in [1.82, 2.24) is 9.80 Å². The predicted molar refractivity (Wildman–Crippen MR) is 130 cm³/mol. The first-order valence-corrected chi connectivity index (χ1v) is 11.3. The number of fused-ring (bicyclic) bond motifs is 1. The molecule has 0 aromatic heterocycles. The molecule has 2 aromatic carbocycles. The average molecular weight is 473 g/mol. The molecule has 3 rings (SSSR count). The number of amides is 3. The van der Waals surface area contributed by atoms with Crippen LogP contribution in [-0.2, 0) is 0 Å². The number of nitrogens with zero attached hydrogens (tertiary/aromatic N) is 3. The number of rotatable bonds is 6. The number of anilines is 2. The van der Waals surface area contributed by atoms with E-state index in [1.165, 1.54) is 29.2 Å². The molecule has 3 amide bonds. The van der Waals surface area contributed by atoms with Crippen LogP contribution in [0.4, 0.5) is 20.6 Å². The third-order valence-electron chi connectivity index (χ3n) is 6.05. The van der Waals surface area contributed by atoms with Crippen molar-refractivity contribution < 1.29 is 23.8 Å². The molecular weight excluding hydrogens is 439 g/mol. The van der Waals surface area contributed by atoms with Crippen molar-refractivity contribution in [2.24, 2.45) is 5.92 Å². The summed E-state index contributed by atoms with van der Waals surface area (Å²) in [5, 5.41) is 12.5. The molecule has 34 heavy (non-hydrogen) atoms. The number of carbonyl (C=O) groups excluding carboxylic acids is 2. The number of urea groups is 1. The maximum Gasteiger partial charge on any atom is 0.321 e. The summed E-state index contributed by atoms with van der Waals surface area (Å²) in [6.45, 7) is 4.23. The largest absolute Gasteiger partial charge is 0.485 e. The van der Waals surface area contributed by atoms with Gasteiger partial charge >= 0.3 is 6.03 Å². The summed E-state index contributed by atoms with van der Waals surface area (Å²) < 4.78 is 19.6. The Labute approximate surface area is 199 Å². The van der Waals surface area contributed by atoms with E-state index in [9.17, 15) is 19.1 Å². The van der Waals surface area contributed by atoms with E-state index in [-0.39, 0.29) is 42.9 Å². The van der Waals surface area contributed by atoms with Gasteiger partial charge in [0.15, 0.2) is 5.75 Å². The van der Waals surface area contributed by atoms with Crippen LogP contribution in [0.15, 0.2) is 42.5 Å². The Balaban J connectivity index is 1.89. The van der Waals surface area contributed by atoms with Crippen LogP contribution in [0.25, 0.3) is 0 Å². The van der Waals surface area contributed by atoms with Gasteiger partial charge in [0.1, 0.15) is 11.9 Å². The van der Waals surface area contributed by atoms with Gasteiger partial charge in [-0.05, 0) is 43.3 Å². The molecule has 1 aliphatic rings. The number of carbonyl (C=O) groups is 2. The molecular formula is C25H33FN4O4. The number of nitrogens with one attached hydrogen (secondary N) is 1. The molecule has 9 heteroatoms. The fourth-order valence-electron chi connectivity index (χ4n) is 3.90. The van der Waals surface area contributed by atoms with Crippen LogP contribution in [0.5, 0.6) is 5.75 Å². The lowest BCUT2D eigenvalue weighted by atomic mass is 9.99. The topological polar surface area (TPSA) is 85.4 Å². The van der Waals surface area contributed by atoms with Crippen molar-refractivity contribution in [1.29, 1.82) is 0 Å². The number of para-hydroxylation sites is 1. The van der Waals surface area contributed by atoms with E-state index in [0.29, 0.717) is 23.5 Å². The molecule has 1 heterocycles. The number of hydrogen-bond donors (Lipinski definition) is 2. The second-order valence-electron chi connectivity index (χ2n) is 8.99. The van der Waals surface area contributed by atoms with Gasteiger partial charge < -0.3 is 29.9 Å². The Morgan fingerprint density at radius 2 is 1.91 bits per heavy atom. The van der Waals surface area contributed by atoms with Crippen LogP contribution in [0.2, 0.25) is 0 Å². The summed E-state index contributed by atoms with van der Waals surface area (Å²) in [5.41, 5.74) is 1.65. The van der Waals surface area contributed by atoms with Crippen molar-refractivity contribution >= 4 is 23.3 Å². The lowest BCUT2D eigenvalue weighted by molar-refractivity contribution is 0.0372. The summed E-state index contributed by atoms with van der Waals surface area (Å²) in [6.07, 6.45) is -0.426. The zero-order chi connectivity index (χ0) is 25.0. The Hall–Kier alpha value is -3.33. The summed E-state index contributed by atoms with van der Waals surface area (Å²) in [7, 11) is 5.40. The first kappa shape index (κ1) is 25.3. The van der Waals surface area contributed by atoms with Crippen LogP contribution in [0.1, 0.15) is 24.2 Å². The number of ether oxygens (including phenoxy) is 1. The summed E-state index contributed by atoms with van der Waals surface area (Å²) in [4.78, 5) is 31.2. The summed E-state index contributed by atoms with van der Waals surface area (Å²) in [5.74, 6) is -0.262. The highest BCUT2D eigenvalue weighted by atomic mass is 19.1. The van der Waals surface area contributed by atoms with Gasteiger partial charge in [0.2, 0.25) is 0 Å². The fraction of sp³-hybridized carbons (Fsp3) is 0.440. The minimum Gasteiger partial charge on any atom is -0.485 e. The number of halogens is 1. The van der Waals surface area contributed by atoms with Gasteiger partial charge in [-0.2, -0.15) is 0 Å². The monoisotopic (exact) mass is 472 g/mol. The van der Waals surface area contributed by atoms with Gasteiger partial charge in [0, 0.05) is 39.3 Å². The molecule has 8 nitrogen and oxygen atoms in total. The molecule has 3 atom stereocenters. The second kappa shape index (κ2) is 10.7. The third-order valence-corrected chi connectivity index (χ3v) is 6.05. The number of aliphatic hydroxyl groups is 1. The Kier molecular flexibility index (Phi) is 7.98. The van der Waals surface area contributed by atoms with Crippen LogP contribution in [-0.4, -0.2) is 79.8 Å². The molecule has 0 unspecified atom stereocenters. The highest BCUT2D eigenvalue weighted by Crippen LogP contribution is 2.36. The Morgan fingerprint density at radius 1 is 1.24 bits per heavy atom. The molecule has 2 aromatic rings. The van der Waals surface area contributed by atoms with Gasteiger partial charge in [-0.25, -0.2) is 9.18 Å². The van der Waals surface area contributed by atoms with Crippen LogP contribution in [0, 0.1) is 11.7 Å². The number of hydrogen-bond acceptors (Lipinski definition) is 5. The fourth-order valence-corrected chi connectivity index (χ4v) is 3.90. The standard InChI is InChI=1S/C25H33FN4O4/c1-16-13-30(17(2)15-31)24(32)20-7-6-8-21(28(3)4)23(20)34-22(16)14-29(5)25(33)27-19-11-9-18(26)10-12-19/h6-12,16-17,22,31H,13-15H2,1-5H3,(H,27,33)/t16-,17-,22+/m1/s1. The number of benzene rings is 2. The minimum atomic E-state index is -0.426. The van der Waals surface area contributed by atoms with Crippen molar-refractivity contribution in [3.05, 3.63) is 53.8 Å². The van der Waals surface area contributed by atoms with E-state index >= 15 is 0 Å². The highest BCUT2D eigenvalue weighted by Gasteiger charge is 2.35. The predicted octanol–water partition coefficient (Wildman–Crippen LogP) is 3.28. The first-order chi connectivity index (χ1) is 16.1. The third kappa shape index (κ3) is 5.59. The highest BCUT2D eigenvalue weighted by molar-refractivity contribution is 5.99. The summed E-state index contributed by atoms with van der Waals surface area (Å²) >= 11 is 0. The summed E-state index contributed by atoms with van der Waals surface area (Å²) in [6, 6.07) is 10.2. The second-order valence-corrected chi connectivity index (χ2v) is 8.99. The molecule has 0 aliphatic carbocycles. The van der Waals surface area contributed by atoms with Gasteiger partial charge in [-0.1, -0.05) is 13.0 Å². The molecule has 0 saturated heterocycles. The number of aliphatic hydroxyl groups excluding tert-OH is 1. The average Bonchev–Trinajstić information content (AvgIpc) is 2.81. The molecule has 0 saturated carbocycles. The van der Waals surface area contributed by atoms with Crippen molar-refractivity contribution in [3.63, 3.8) is 0 Å². The van der Waals surface area contributed by atoms with Gasteiger partial charge in [0.05, 0.1) is 30.4 Å². The van der Waals surface area contributed by atoms with E-state index in [0.717, 1.165) is 5.69 Å². The maximum absolute atomic E-state index is 13.4. The van der Waals surface area contributed by atoms with E-state index < -0.39 is 6.10 Å². The Bertz CT molecular complexity index is 1010. The van der Waals surface area contributed by atoms with Gasteiger partial charge in [0.25, 0.3) is 5.91 Å². The first-order valence-electron chi connectivity index (χ1n) is 11.3. The van der Waals surface area contributed by atoms with Gasteiger partial charge in [-0.15, -0.1) is 0 Å². The van der Waals surface area contributed by atoms with Crippen LogP contribution >= 0.6 is 0 Å². The zero-order valence-corrected chi connectivity index (χ0v) is 20.3. The van der Waals surface area contributed by atoms with Crippen LogP contribution < -0.4 is 15.0 Å². The normalized spacial score (nSPS) is 18.8. The lowest BCUT2D eigenvalue weighted by Crippen LogP contribution is -2.50. The SMILES string of the molecule is C[C@@H]1CN([C@H](C)CO)C(=O)c2cccc(N(C)C)c2O[C@H]1CN(C)C(=O)Nc1ccc(F)cc1. The number of likely N-dealkylation sites (N-methyl/N-ethyl adjacent to an activating group) is 1.